The van der Waals surface area contributed by atoms with E-state index in [1.165, 1.54) is 12.1 Å². The SMILES string of the molecule is O=C(CCCl)N1CCC2(CC1)SCCN2C(=O)c1cccc(F)c1. The molecule has 0 atom stereocenters. The molecule has 2 fully saturated rings. The van der Waals surface area contributed by atoms with Gasteiger partial charge in [-0.1, -0.05) is 6.07 Å². The molecule has 1 spiro atoms. The van der Waals surface area contributed by atoms with Crippen LogP contribution in [0.4, 0.5) is 4.39 Å². The molecule has 0 aliphatic carbocycles. The molecule has 24 heavy (non-hydrogen) atoms. The number of carbonyl (C=O) groups excluding carboxylic acids is 2. The van der Waals surface area contributed by atoms with Crippen molar-refractivity contribution >= 4 is 35.2 Å². The molecule has 0 bridgehead atoms. The van der Waals surface area contributed by atoms with Crippen LogP contribution in [0.5, 0.6) is 0 Å². The molecule has 0 aromatic heterocycles. The zero-order valence-corrected chi connectivity index (χ0v) is 14.9. The van der Waals surface area contributed by atoms with E-state index in [1.807, 2.05) is 9.80 Å². The summed E-state index contributed by atoms with van der Waals surface area (Å²) in [5.41, 5.74) is 0.387. The number of amides is 2. The van der Waals surface area contributed by atoms with Gasteiger partial charge in [-0.2, -0.15) is 0 Å². The second-order valence-corrected chi connectivity index (χ2v) is 7.92. The Bertz CT molecular complexity index is 635. The van der Waals surface area contributed by atoms with Crippen LogP contribution in [0.2, 0.25) is 0 Å². The third-order valence-corrected chi connectivity index (χ3v) is 6.44. The second-order valence-electron chi connectivity index (χ2n) is 6.08. The number of alkyl halides is 1. The number of carbonyl (C=O) groups is 2. The number of hydrogen-bond acceptors (Lipinski definition) is 3. The van der Waals surface area contributed by atoms with Crippen LogP contribution in [0.1, 0.15) is 29.6 Å². The monoisotopic (exact) mass is 370 g/mol. The van der Waals surface area contributed by atoms with Gasteiger partial charge in [0.1, 0.15) is 5.82 Å². The van der Waals surface area contributed by atoms with E-state index < -0.39 is 5.82 Å². The van der Waals surface area contributed by atoms with Crippen molar-refractivity contribution in [1.82, 2.24) is 9.80 Å². The normalized spacial score (nSPS) is 19.8. The van der Waals surface area contributed by atoms with E-state index >= 15 is 0 Å². The highest BCUT2D eigenvalue weighted by Crippen LogP contribution is 2.44. The van der Waals surface area contributed by atoms with Gasteiger partial charge in [-0.15, -0.1) is 23.4 Å². The molecule has 2 saturated heterocycles. The summed E-state index contributed by atoms with van der Waals surface area (Å²) in [7, 11) is 0. The molecule has 1 aromatic carbocycles. The molecule has 0 N–H and O–H groups in total. The van der Waals surface area contributed by atoms with E-state index in [2.05, 4.69) is 0 Å². The molecule has 0 radical (unpaired) electrons. The third kappa shape index (κ3) is 3.40. The van der Waals surface area contributed by atoms with E-state index in [4.69, 9.17) is 11.6 Å². The predicted octanol–water partition coefficient (Wildman–Crippen LogP) is 2.96. The topological polar surface area (TPSA) is 40.6 Å². The summed E-state index contributed by atoms with van der Waals surface area (Å²) in [6.45, 7) is 1.93. The van der Waals surface area contributed by atoms with Crippen molar-refractivity contribution in [2.75, 3.05) is 31.3 Å². The lowest BCUT2D eigenvalue weighted by Crippen LogP contribution is -2.53. The summed E-state index contributed by atoms with van der Waals surface area (Å²) in [6.07, 6.45) is 1.84. The molecule has 1 aromatic rings. The Hall–Kier alpha value is -1.27. The molecule has 0 unspecified atom stereocenters. The number of thioether (sulfide) groups is 1. The Balaban J connectivity index is 1.72. The molecule has 2 aliphatic rings. The minimum absolute atomic E-state index is 0.0749. The molecule has 3 rings (SSSR count). The van der Waals surface area contributed by atoms with E-state index in [1.54, 1.807) is 23.9 Å². The lowest BCUT2D eigenvalue weighted by molar-refractivity contribution is -0.132. The van der Waals surface area contributed by atoms with Crippen LogP contribution in [-0.4, -0.2) is 57.8 Å². The number of nitrogens with zero attached hydrogens (tertiary/aromatic N) is 2. The first-order valence-electron chi connectivity index (χ1n) is 8.11. The fourth-order valence-electron chi connectivity index (χ4n) is 3.43. The van der Waals surface area contributed by atoms with Gasteiger partial charge in [-0.05, 0) is 31.0 Å². The zero-order chi connectivity index (χ0) is 17.2. The van der Waals surface area contributed by atoms with Crippen LogP contribution >= 0.6 is 23.4 Å². The zero-order valence-electron chi connectivity index (χ0n) is 13.3. The van der Waals surface area contributed by atoms with Gasteiger partial charge in [-0.3, -0.25) is 9.59 Å². The minimum Gasteiger partial charge on any atom is -0.342 e. The number of benzene rings is 1. The van der Waals surface area contributed by atoms with Gasteiger partial charge < -0.3 is 9.80 Å². The van der Waals surface area contributed by atoms with Crippen LogP contribution in [-0.2, 0) is 4.79 Å². The van der Waals surface area contributed by atoms with Crippen LogP contribution in [0.3, 0.4) is 0 Å². The third-order valence-electron chi connectivity index (χ3n) is 4.70. The maximum Gasteiger partial charge on any atom is 0.255 e. The van der Waals surface area contributed by atoms with Crippen molar-refractivity contribution in [2.24, 2.45) is 0 Å². The molecule has 2 amide bonds. The average Bonchev–Trinajstić information content (AvgIpc) is 2.98. The number of likely N-dealkylation sites (tertiary alicyclic amines) is 1. The highest BCUT2D eigenvalue weighted by atomic mass is 35.5. The van der Waals surface area contributed by atoms with E-state index in [-0.39, 0.29) is 16.7 Å². The summed E-state index contributed by atoms with van der Waals surface area (Å²) in [5, 5.41) is 0. The van der Waals surface area contributed by atoms with Gasteiger partial charge in [0.2, 0.25) is 5.91 Å². The fraction of sp³-hybridized carbons (Fsp3) is 0.529. The highest BCUT2D eigenvalue weighted by Gasteiger charge is 2.46. The van der Waals surface area contributed by atoms with Crippen molar-refractivity contribution in [3.05, 3.63) is 35.6 Å². The fourth-order valence-corrected chi connectivity index (χ4v) is 5.05. The number of piperidine rings is 1. The Morgan fingerprint density at radius 2 is 2.00 bits per heavy atom. The smallest absolute Gasteiger partial charge is 0.255 e. The second kappa shape index (κ2) is 7.31. The van der Waals surface area contributed by atoms with Gasteiger partial charge in [0.05, 0.1) is 4.87 Å². The molecular formula is C17H20ClFN2O2S. The summed E-state index contributed by atoms with van der Waals surface area (Å²) in [5.74, 6) is 0.755. The predicted molar refractivity (Wildman–Crippen MR) is 93.8 cm³/mol. The summed E-state index contributed by atoms with van der Waals surface area (Å²) >= 11 is 7.42. The standard InChI is InChI=1S/C17H20ClFN2O2S/c18-7-4-15(22)20-8-5-17(6-9-20)21(10-11-24-17)16(23)13-2-1-3-14(19)12-13/h1-3,12H,4-11H2. The summed E-state index contributed by atoms with van der Waals surface area (Å²) < 4.78 is 13.4. The average molecular weight is 371 g/mol. The Morgan fingerprint density at radius 1 is 1.25 bits per heavy atom. The number of rotatable bonds is 3. The van der Waals surface area contributed by atoms with Gasteiger partial charge in [0, 0.05) is 43.3 Å². The first-order chi connectivity index (χ1) is 11.6. The maximum atomic E-state index is 13.4. The number of hydrogen-bond donors (Lipinski definition) is 0. The molecule has 4 nitrogen and oxygen atoms in total. The maximum absolute atomic E-state index is 13.4. The lowest BCUT2D eigenvalue weighted by Gasteiger charge is -2.44. The molecular weight excluding hydrogens is 351 g/mol. The molecule has 2 aliphatic heterocycles. The molecule has 7 heteroatoms. The highest BCUT2D eigenvalue weighted by molar-refractivity contribution is 8.00. The molecule has 0 saturated carbocycles. The minimum atomic E-state index is -0.400. The van der Waals surface area contributed by atoms with Crippen LogP contribution < -0.4 is 0 Å². The van der Waals surface area contributed by atoms with Crippen LogP contribution in [0, 0.1) is 5.82 Å². The Kier molecular flexibility index (Phi) is 5.35. The van der Waals surface area contributed by atoms with Gasteiger partial charge in [0.25, 0.3) is 5.91 Å². The Labute approximate surface area is 150 Å². The first kappa shape index (κ1) is 17.5. The number of halogens is 2. The summed E-state index contributed by atoms with van der Waals surface area (Å²) in [6, 6.07) is 5.84. The van der Waals surface area contributed by atoms with Gasteiger partial charge in [0.15, 0.2) is 0 Å². The van der Waals surface area contributed by atoms with E-state index in [0.29, 0.717) is 37.5 Å². The summed E-state index contributed by atoms with van der Waals surface area (Å²) in [4.78, 5) is 28.3. The lowest BCUT2D eigenvalue weighted by atomic mass is 10.0. The van der Waals surface area contributed by atoms with Crippen molar-refractivity contribution in [3.8, 4) is 0 Å². The Morgan fingerprint density at radius 3 is 2.67 bits per heavy atom. The molecule has 130 valence electrons. The van der Waals surface area contributed by atoms with Gasteiger partial charge >= 0.3 is 0 Å². The first-order valence-corrected chi connectivity index (χ1v) is 9.63. The molecule has 2 heterocycles. The van der Waals surface area contributed by atoms with E-state index in [9.17, 15) is 14.0 Å². The van der Waals surface area contributed by atoms with Crippen molar-refractivity contribution in [3.63, 3.8) is 0 Å². The van der Waals surface area contributed by atoms with Crippen molar-refractivity contribution < 1.29 is 14.0 Å². The van der Waals surface area contributed by atoms with Crippen molar-refractivity contribution in [1.29, 1.82) is 0 Å². The van der Waals surface area contributed by atoms with Crippen LogP contribution in [0.15, 0.2) is 24.3 Å². The van der Waals surface area contributed by atoms with Crippen molar-refractivity contribution in [2.45, 2.75) is 24.1 Å². The largest absolute Gasteiger partial charge is 0.342 e. The van der Waals surface area contributed by atoms with Crippen LogP contribution in [0.25, 0.3) is 0 Å². The quantitative estimate of drug-likeness (QED) is 0.768. The van der Waals surface area contributed by atoms with E-state index in [0.717, 1.165) is 18.6 Å². The van der Waals surface area contributed by atoms with Gasteiger partial charge in [-0.25, -0.2) is 4.39 Å².